The molecular formula is C36H39ClFN3O4S. The summed E-state index contributed by atoms with van der Waals surface area (Å²) in [6.45, 7) is 5.58. The van der Waals surface area contributed by atoms with Crippen LogP contribution in [0.5, 0.6) is 0 Å². The van der Waals surface area contributed by atoms with Crippen molar-refractivity contribution in [1.82, 2.24) is 9.80 Å². The van der Waals surface area contributed by atoms with Gasteiger partial charge in [-0.2, -0.15) is 0 Å². The summed E-state index contributed by atoms with van der Waals surface area (Å²) in [5.41, 5.74) is 2.20. The third-order valence-corrected chi connectivity index (χ3v) is 10.1. The number of rotatable bonds is 8. The third-order valence-electron chi connectivity index (χ3n) is 8.48. The summed E-state index contributed by atoms with van der Waals surface area (Å²) in [5, 5.41) is 1.22. The standard InChI is InChI=1S/C36H39ClFN3O4S/c1-36(2,3)45-35(44)40(5)27-15-17-28(18-16-27)41(34(43)33-32(37)29-8-6-7-9-31(29)46-33)21-25-20-24(12-19-30(25)38)23-10-13-26(14-11-23)39(4)22-42/h6-14,19-20,22,27-28H,15-18,21H2,1-5H3. The summed E-state index contributed by atoms with van der Waals surface area (Å²) in [6, 6.07) is 19.8. The zero-order valence-electron chi connectivity index (χ0n) is 26.8. The van der Waals surface area contributed by atoms with Crippen molar-refractivity contribution in [3.8, 4) is 11.1 Å². The first-order valence-corrected chi connectivity index (χ1v) is 16.6. The van der Waals surface area contributed by atoms with Crippen molar-refractivity contribution in [1.29, 1.82) is 0 Å². The molecule has 0 saturated heterocycles. The van der Waals surface area contributed by atoms with Crippen LogP contribution in [0.2, 0.25) is 5.02 Å². The first kappa shape index (κ1) is 33.4. The SMILES string of the molecule is CN(C=O)c1ccc(-c2ccc(F)c(CN(C(=O)c3sc4ccccc4c3Cl)C3CCC(N(C)C(=O)OC(C)(C)C)CC3)c2)cc1. The van der Waals surface area contributed by atoms with E-state index in [1.54, 1.807) is 36.0 Å². The largest absolute Gasteiger partial charge is 0.444 e. The van der Waals surface area contributed by atoms with E-state index in [2.05, 4.69) is 0 Å². The van der Waals surface area contributed by atoms with Gasteiger partial charge >= 0.3 is 6.09 Å². The van der Waals surface area contributed by atoms with Gasteiger partial charge in [0.1, 0.15) is 16.3 Å². The maximum Gasteiger partial charge on any atom is 0.410 e. The van der Waals surface area contributed by atoms with Crippen molar-refractivity contribution < 1.29 is 23.5 Å². The Morgan fingerprint density at radius 1 is 0.957 bits per heavy atom. The van der Waals surface area contributed by atoms with Gasteiger partial charge in [-0.05, 0) is 87.9 Å². The van der Waals surface area contributed by atoms with Crippen molar-refractivity contribution in [3.63, 3.8) is 0 Å². The van der Waals surface area contributed by atoms with E-state index in [0.29, 0.717) is 41.1 Å². The van der Waals surface area contributed by atoms with Crippen molar-refractivity contribution in [2.75, 3.05) is 19.0 Å². The second-order valence-corrected chi connectivity index (χ2v) is 14.2. The van der Waals surface area contributed by atoms with Gasteiger partial charge in [-0.15, -0.1) is 11.3 Å². The number of carbonyl (C=O) groups is 3. The average Bonchev–Trinajstić information content (AvgIpc) is 3.39. The molecule has 0 unspecified atom stereocenters. The van der Waals surface area contributed by atoms with Crippen LogP contribution in [0.25, 0.3) is 21.2 Å². The summed E-state index contributed by atoms with van der Waals surface area (Å²) in [6.07, 6.45) is 2.99. The number of hydrogen-bond acceptors (Lipinski definition) is 5. The summed E-state index contributed by atoms with van der Waals surface area (Å²) >= 11 is 8.12. The molecule has 0 atom stereocenters. The monoisotopic (exact) mass is 663 g/mol. The number of carbonyl (C=O) groups excluding carboxylic acids is 3. The molecule has 1 aliphatic carbocycles. The first-order chi connectivity index (χ1) is 21.9. The lowest BCUT2D eigenvalue weighted by atomic mass is 9.89. The fourth-order valence-corrected chi connectivity index (χ4v) is 7.37. The van der Waals surface area contributed by atoms with Gasteiger partial charge in [0.2, 0.25) is 6.41 Å². The molecule has 0 radical (unpaired) electrons. The Labute approximate surface area is 278 Å². The molecule has 1 fully saturated rings. The topological polar surface area (TPSA) is 70.2 Å². The highest BCUT2D eigenvalue weighted by Gasteiger charge is 2.35. The minimum atomic E-state index is -0.595. The van der Waals surface area contributed by atoms with Crippen LogP contribution in [0, 0.1) is 5.82 Å². The van der Waals surface area contributed by atoms with Crippen molar-refractivity contribution >= 4 is 57.1 Å². The Morgan fingerprint density at radius 3 is 2.22 bits per heavy atom. The molecule has 5 rings (SSSR count). The first-order valence-electron chi connectivity index (χ1n) is 15.4. The van der Waals surface area contributed by atoms with Crippen molar-refractivity contribution in [2.24, 2.45) is 0 Å². The molecule has 3 aromatic carbocycles. The van der Waals surface area contributed by atoms with E-state index >= 15 is 4.39 Å². The van der Waals surface area contributed by atoms with Crippen LogP contribution in [0.1, 0.15) is 61.7 Å². The number of anilines is 1. The normalized spacial score (nSPS) is 16.6. The maximum atomic E-state index is 15.5. The Kier molecular flexibility index (Phi) is 10.0. The molecular weight excluding hydrogens is 625 g/mol. The molecule has 46 heavy (non-hydrogen) atoms. The fraction of sp³-hybridized carbons (Fsp3) is 0.361. The van der Waals surface area contributed by atoms with Gasteiger partial charge in [0.15, 0.2) is 0 Å². The number of halogens is 2. The van der Waals surface area contributed by atoms with Crippen LogP contribution in [-0.4, -0.2) is 60.0 Å². The van der Waals surface area contributed by atoms with Gasteiger partial charge in [-0.3, -0.25) is 9.59 Å². The van der Waals surface area contributed by atoms with Crippen molar-refractivity contribution in [3.05, 3.63) is 88.0 Å². The van der Waals surface area contributed by atoms with Crippen LogP contribution in [-0.2, 0) is 16.1 Å². The minimum Gasteiger partial charge on any atom is -0.444 e. The number of amides is 3. The predicted octanol–water partition coefficient (Wildman–Crippen LogP) is 8.77. The lowest BCUT2D eigenvalue weighted by molar-refractivity contribution is -0.107. The van der Waals surface area contributed by atoms with E-state index < -0.39 is 11.4 Å². The summed E-state index contributed by atoms with van der Waals surface area (Å²) in [5.74, 6) is -0.638. The number of fused-ring (bicyclic) bond motifs is 1. The smallest absolute Gasteiger partial charge is 0.410 e. The van der Waals surface area contributed by atoms with Crippen LogP contribution < -0.4 is 4.90 Å². The van der Waals surface area contributed by atoms with Crippen LogP contribution in [0.4, 0.5) is 14.9 Å². The number of hydrogen-bond donors (Lipinski definition) is 0. The van der Waals surface area contributed by atoms with Gasteiger partial charge in [0, 0.05) is 54.1 Å². The third kappa shape index (κ3) is 7.37. The minimum absolute atomic E-state index is 0.0303. The fourth-order valence-electron chi connectivity index (χ4n) is 5.90. The van der Waals surface area contributed by atoms with Crippen molar-refractivity contribution in [2.45, 2.75) is 70.7 Å². The molecule has 0 spiro atoms. The van der Waals surface area contributed by atoms with E-state index in [1.807, 2.05) is 69.3 Å². The maximum absolute atomic E-state index is 15.5. The van der Waals surface area contributed by atoms with E-state index in [9.17, 15) is 14.4 Å². The molecule has 10 heteroatoms. The number of thiophene rings is 1. The zero-order valence-corrected chi connectivity index (χ0v) is 28.3. The Bertz CT molecular complexity index is 1730. The Hall–Kier alpha value is -3.95. The molecule has 7 nitrogen and oxygen atoms in total. The molecule has 1 aromatic heterocycles. The molecule has 3 amide bonds. The molecule has 0 aliphatic heterocycles. The van der Waals surface area contributed by atoms with E-state index in [0.717, 1.165) is 33.3 Å². The van der Waals surface area contributed by atoms with Crippen LogP contribution in [0.3, 0.4) is 0 Å². The van der Waals surface area contributed by atoms with E-state index in [1.165, 1.54) is 22.3 Å². The second-order valence-electron chi connectivity index (χ2n) is 12.8. The van der Waals surface area contributed by atoms with Gasteiger partial charge in [0.05, 0.1) is 5.02 Å². The summed E-state index contributed by atoms with van der Waals surface area (Å²) in [4.78, 5) is 43.5. The quantitative estimate of drug-likeness (QED) is 0.177. The van der Waals surface area contributed by atoms with E-state index in [4.69, 9.17) is 16.3 Å². The Morgan fingerprint density at radius 2 is 1.59 bits per heavy atom. The summed E-state index contributed by atoms with van der Waals surface area (Å²) < 4.78 is 22.0. The average molecular weight is 664 g/mol. The van der Waals surface area contributed by atoms with Gasteiger partial charge in [-0.1, -0.05) is 48.0 Å². The molecule has 0 bridgehead atoms. The van der Waals surface area contributed by atoms with E-state index in [-0.39, 0.29) is 30.6 Å². The molecule has 0 N–H and O–H groups in total. The van der Waals surface area contributed by atoms with Gasteiger partial charge < -0.3 is 19.4 Å². The predicted molar refractivity (Wildman–Crippen MR) is 183 cm³/mol. The number of nitrogens with zero attached hydrogens (tertiary/aromatic N) is 3. The zero-order chi connectivity index (χ0) is 33.2. The molecule has 242 valence electrons. The number of benzene rings is 3. The number of ether oxygens (including phenoxy) is 1. The van der Waals surface area contributed by atoms with Gasteiger partial charge in [-0.25, -0.2) is 9.18 Å². The lowest BCUT2D eigenvalue weighted by Crippen LogP contribution is -2.47. The molecule has 1 saturated carbocycles. The lowest BCUT2D eigenvalue weighted by Gasteiger charge is -2.40. The molecule has 1 aliphatic rings. The molecule has 1 heterocycles. The Balaban J connectivity index is 1.43. The highest BCUT2D eigenvalue weighted by Crippen LogP contribution is 2.38. The van der Waals surface area contributed by atoms with Crippen LogP contribution >= 0.6 is 22.9 Å². The summed E-state index contributed by atoms with van der Waals surface area (Å²) in [7, 11) is 3.43. The van der Waals surface area contributed by atoms with Crippen LogP contribution in [0.15, 0.2) is 66.7 Å². The van der Waals surface area contributed by atoms with Gasteiger partial charge in [0.25, 0.3) is 5.91 Å². The highest BCUT2D eigenvalue weighted by atomic mass is 35.5. The second kappa shape index (κ2) is 13.8. The molecule has 4 aromatic rings. The highest BCUT2D eigenvalue weighted by molar-refractivity contribution is 7.21.